The molecular weight excluding hydrogens is 199 g/mol. The Morgan fingerprint density at radius 1 is 1.33 bits per heavy atom. The first-order valence-corrected chi connectivity index (χ1v) is 4.76. The van der Waals surface area contributed by atoms with Crippen LogP contribution in [0.4, 0.5) is 4.39 Å². The molecule has 0 bridgehead atoms. The quantitative estimate of drug-likeness (QED) is 0.701. The lowest BCUT2D eigenvalue weighted by Gasteiger charge is -2.05. The fourth-order valence-electron chi connectivity index (χ4n) is 1.02. The minimum absolute atomic E-state index is 0.200. The Bertz CT molecular complexity index is 308. The van der Waals surface area contributed by atoms with Crippen LogP contribution in [0.5, 0.6) is 5.75 Å². The van der Waals surface area contributed by atoms with Gasteiger partial charge in [0.2, 0.25) is 0 Å². The van der Waals surface area contributed by atoms with Gasteiger partial charge in [0.25, 0.3) is 0 Å². The van der Waals surface area contributed by atoms with Gasteiger partial charge in [-0.05, 0) is 31.2 Å². The lowest BCUT2D eigenvalue weighted by atomic mass is 10.3. The third-order valence-electron chi connectivity index (χ3n) is 1.69. The summed E-state index contributed by atoms with van der Waals surface area (Å²) >= 11 is 0. The van der Waals surface area contributed by atoms with Crippen LogP contribution in [0.25, 0.3) is 0 Å². The third kappa shape index (κ3) is 4.44. The second kappa shape index (κ2) is 6.01. The molecule has 0 radical (unpaired) electrons. The van der Waals surface area contributed by atoms with Crippen molar-refractivity contribution in [2.75, 3.05) is 13.2 Å². The molecule has 0 saturated heterocycles. The minimum Gasteiger partial charge on any atom is -0.493 e. The number of hydrogen-bond acceptors (Lipinski definition) is 3. The van der Waals surface area contributed by atoms with E-state index in [1.165, 1.54) is 24.3 Å². The van der Waals surface area contributed by atoms with E-state index in [-0.39, 0.29) is 24.8 Å². The van der Waals surface area contributed by atoms with E-state index in [1.807, 2.05) is 0 Å². The summed E-state index contributed by atoms with van der Waals surface area (Å²) in [4.78, 5) is 10.9. The van der Waals surface area contributed by atoms with E-state index in [1.54, 1.807) is 6.92 Å². The molecule has 1 aromatic rings. The first-order chi connectivity index (χ1) is 7.22. The maximum Gasteiger partial charge on any atom is 0.309 e. The average Bonchev–Trinajstić information content (AvgIpc) is 2.21. The van der Waals surface area contributed by atoms with Crippen LogP contribution in [-0.2, 0) is 9.53 Å². The zero-order valence-electron chi connectivity index (χ0n) is 8.53. The number of carbonyl (C=O) groups is 1. The fourth-order valence-corrected chi connectivity index (χ4v) is 1.02. The van der Waals surface area contributed by atoms with Crippen molar-refractivity contribution in [2.24, 2.45) is 0 Å². The first kappa shape index (κ1) is 11.5. The average molecular weight is 212 g/mol. The van der Waals surface area contributed by atoms with E-state index in [4.69, 9.17) is 9.47 Å². The molecular formula is C11H13FO3. The molecule has 82 valence electrons. The van der Waals surface area contributed by atoms with Crippen molar-refractivity contribution in [1.29, 1.82) is 0 Å². The molecule has 0 heterocycles. The summed E-state index contributed by atoms with van der Waals surface area (Å²) in [6.07, 6.45) is 0.200. The Hall–Kier alpha value is -1.58. The zero-order chi connectivity index (χ0) is 11.1. The van der Waals surface area contributed by atoms with Gasteiger partial charge in [-0.15, -0.1) is 0 Å². The van der Waals surface area contributed by atoms with Crippen molar-refractivity contribution in [2.45, 2.75) is 13.3 Å². The first-order valence-electron chi connectivity index (χ1n) is 4.76. The lowest BCUT2D eigenvalue weighted by molar-refractivity contribution is -0.143. The van der Waals surface area contributed by atoms with Gasteiger partial charge in [-0.3, -0.25) is 4.79 Å². The van der Waals surface area contributed by atoms with Gasteiger partial charge in [-0.25, -0.2) is 4.39 Å². The SMILES string of the molecule is CCOC(=O)CCOc1ccc(F)cc1. The molecule has 0 saturated carbocycles. The number of esters is 1. The number of rotatable bonds is 5. The molecule has 1 aromatic carbocycles. The van der Waals surface area contributed by atoms with E-state index in [0.29, 0.717) is 12.4 Å². The highest BCUT2D eigenvalue weighted by molar-refractivity contribution is 5.69. The Labute approximate surface area is 87.8 Å². The molecule has 0 spiro atoms. The number of carbonyl (C=O) groups excluding carboxylic acids is 1. The van der Waals surface area contributed by atoms with Gasteiger partial charge in [0.05, 0.1) is 19.6 Å². The van der Waals surface area contributed by atoms with Crippen LogP contribution in [0.2, 0.25) is 0 Å². The minimum atomic E-state index is -0.312. The second-order valence-electron chi connectivity index (χ2n) is 2.86. The van der Waals surface area contributed by atoms with Crippen LogP contribution in [0.1, 0.15) is 13.3 Å². The summed E-state index contributed by atoms with van der Waals surface area (Å²) in [6.45, 7) is 2.36. The summed E-state index contributed by atoms with van der Waals surface area (Å²) in [5.41, 5.74) is 0. The van der Waals surface area contributed by atoms with Crippen LogP contribution in [0.15, 0.2) is 24.3 Å². The van der Waals surface area contributed by atoms with Crippen molar-refractivity contribution in [3.8, 4) is 5.75 Å². The Morgan fingerprint density at radius 3 is 2.60 bits per heavy atom. The highest BCUT2D eigenvalue weighted by Crippen LogP contribution is 2.11. The summed E-state index contributed by atoms with van der Waals surface area (Å²) < 4.78 is 22.4. The molecule has 0 N–H and O–H groups in total. The van der Waals surface area contributed by atoms with Crippen LogP contribution in [0, 0.1) is 5.82 Å². The van der Waals surface area contributed by atoms with Gasteiger partial charge in [0.1, 0.15) is 11.6 Å². The van der Waals surface area contributed by atoms with E-state index in [2.05, 4.69) is 0 Å². The summed E-state index contributed by atoms with van der Waals surface area (Å²) in [6, 6.07) is 5.64. The van der Waals surface area contributed by atoms with Gasteiger partial charge in [-0.2, -0.15) is 0 Å². The van der Waals surface area contributed by atoms with E-state index in [9.17, 15) is 9.18 Å². The molecule has 0 amide bonds. The second-order valence-corrected chi connectivity index (χ2v) is 2.86. The van der Waals surface area contributed by atoms with Crippen LogP contribution in [0.3, 0.4) is 0 Å². The molecule has 0 aliphatic carbocycles. The van der Waals surface area contributed by atoms with E-state index >= 15 is 0 Å². The Morgan fingerprint density at radius 2 is 2.00 bits per heavy atom. The highest BCUT2D eigenvalue weighted by atomic mass is 19.1. The molecule has 4 heteroatoms. The molecule has 0 aliphatic rings. The van der Waals surface area contributed by atoms with Crippen molar-refractivity contribution in [1.82, 2.24) is 0 Å². The smallest absolute Gasteiger partial charge is 0.309 e. The molecule has 1 rings (SSSR count). The van der Waals surface area contributed by atoms with Crippen LogP contribution < -0.4 is 4.74 Å². The Kier molecular flexibility index (Phi) is 4.60. The maximum absolute atomic E-state index is 12.5. The van der Waals surface area contributed by atoms with Crippen molar-refractivity contribution >= 4 is 5.97 Å². The maximum atomic E-state index is 12.5. The topological polar surface area (TPSA) is 35.5 Å². The van der Waals surface area contributed by atoms with Crippen molar-refractivity contribution < 1.29 is 18.7 Å². The summed E-state index contributed by atoms with van der Waals surface area (Å²) in [7, 11) is 0. The molecule has 0 aliphatic heterocycles. The van der Waals surface area contributed by atoms with Gasteiger partial charge in [0, 0.05) is 0 Å². The lowest BCUT2D eigenvalue weighted by Crippen LogP contribution is -2.09. The van der Waals surface area contributed by atoms with Crippen molar-refractivity contribution in [3.05, 3.63) is 30.1 Å². The van der Waals surface area contributed by atoms with Gasteiger partial charge >= 0.3 is 5.97 Å². The molecule has 0 fully saturated rings. The predicted molar refractivity (Wildman–Crippen MR) is 53.1 cm³/mol. The molecule has 3 nitrogen and oxygen atoms in total. The van der Waals surface area contributed by atoms with Crippen molar-refractivity contribution in [3.63, 3.8) is 0 Å². The predicted octanol–water partition coefficient (Wildman–Crippen LogP) is 2.16. The van der Waals surface area contributed by atoms with Gasteiger partial charge in [0.15, 0.2) is 0 Å². The van der Waals surface area contributed by atoms with Gasteiger partial charge in [-0.1, -0.05) is 0 Å². The largest absolute Gasteiger partial charge is 0.493 e. The summed E-state index contributed by atoms with van der Waals surface area (Å²) in [5.74, 6) is -0.0620. The van der Waals surface area contributed by atoms with Crippen LogP contribution >= 0.6 is 0 Å². The number of hydrogen-bond donors (Lipinski definition) is 0. The number of ether oxygens (including phenoxy) is 2. The van der Waals surface area contributed by atoms with E-state index < -0.39 is 0 Å². The summed E-state index contributed by atoms with van der Waals surface area (Å²) in [5, 5.41) is 0. The molecule has 0 unspecified atom stereocenters. The highest BCUT2D eigenvalue weighted by Gasteiger charge is 2.01. The normalized spacial score (nSPS) is 9.73. The van der Waals surface area contributed by atoms with Crippen LogP contribution in [-0.4, -0.2) is 19.2 Å². The number of halogens is 1. The molecule has 15 heavy (non-hydrogen) atoms. The third-order valence-corrected chi connectivity index (χ3v) is 1.69. The number of benzene rings is 1. The van der Waals surface area contributed by atoms with Gasteiger partial charge < -0.3 is 9.47 Å². The Balaban J connectivity index is 2.26. The molecule has 0 aromatic heterocycles. The monoisotopic (exact) mass is 212 g/mol. The van der Waals surface area contributed by atoms with E-state index in [0.717, 1.165) is 0 Å². The zero-order valence-corrected chi connectivity index (χ0v) is 8.53. The molecule has 0 atom stereocenters. The fraction of sp³-hybridized carbons (Fsp3) is 0.364. The standard InChI is InChI=1S/C11H13FO3/c1-2-14-11(13)7-8-15-10-5-3-9(12)4-6-10/h3-6H,2,7-8H2,1H3.